The van der Waals surface area contributed by atoms with Crippen LogP contribution in [0.15, 0.2) is 65.6 Å². The highest BCUT2D eigenvalue weighted by Gasteiger charge is 2.31. The Balaban J connectivity index is 2.21. The largest absolute Gasteiger partial charge is 0.495 e. The third-order valence-corrected chi connectivity index (χ3v) is 6.21. The van der Waals surface area contributed by atoms with Gasteiger partial charge < -0.3 is 9.47 Å². The summed E-state index contributed by atoms with van der Waals surface area (Å²) in [6.45, 7) is -0.691. The highest BCUT2D eigenvalue weighted by atomic mass is 32.2. The molecule has 0 amide bonds. The SMILES string of the molecule is COC(=O)CN(c1cc([N+](=O)[O-])ccc1OC)S(=O)(=O)c1ccc2ccccc2c1. The number of ether oxygens (including phenoxy) is 2. The highest BCUT2D eigenvalue weighted by Crippen LogP contribution is 2.36. The first-order valence-corrected chi connectivity index (χ1v) is 10.1. The predicted octanol–water partition coefficient (Wildman–Crippen LogP) is 3.12. The Bertz CT molecular complexity index is 1220. The van der Waals surface area contributed by atoms with Crippen molar-refractivity contribution in [2.75, 3.05) is 25.1 Å². The van der Waals surface area contributed by atoms with Crippen molar-refractivity contribution in [3.05, 3.63) is 70.8 Å². The van der Waals surface area contributed by atoms with Gasteiger partial charge in [-0.15, -0.1) is 0 Å². The van der Waals surface area contributed by atoms with Gasteiger partial charge in [-0.05, 0) is 29.0 Å². The molecule has 0 aliphatic carbocycles. The average Bonchev–Trinajstić information content (AvgIpc) is 2.76. The Kier molecular flexibility index (Phi) is 5.88. The van der Waals surface area contributed by atoms with Gasteiger partial charge in [0.1, 0.15) is 18.0 Å². The Morgan fingerprint density at radius 1 is 1.03 bits per heavy atom. The number of methoxy groups -OCH3 is 2. The molecule has 0 unspecified atom stereocenters. The number of carbonyl (C=O) groups is 1. The molecule has 0 aliphatic rings. The molecule has 0 saturated heterocycles. The maximum atomic E-state index is 13.5. The second-order valence-corrected chi connectivity index (χ2v) is 8.07. The van der Waals surface area contributed by atoms with E-state index in [0.717, 1.165) is 22.9 Å². The number of nitro groups is 1. The molecule has 0 radical (unpaired) electrons. The third-order valence-electron chi connectivity index (χ3n) is 4.45. The van der Waals surface area contributed by atoms with Gasteiger partial charge in [-0.25, -0.2) is 8.42 Å². The second kappa shape index (κ2) is 8.37. The summed E-state index contributed by atoms with van der Waals surface area (Å²) >= 11 is 0. The van der Waals surface area contributed by atoms with Crippen molar-refractivity contribution < 1.29 is 27.6 Å². The minimum absolute atomic E-state index is 0.0499. The van der Waals surface area contributed by atoms with Gasteiger partial charge in [-0.3, -0.25) is 19.2 Å². The fourth-order valence-corrected chi connectivity index (χ4v) is 4.37. The minimum Gasteiger partial charge on any atom is -0.495 e. The first-order valence-electron chi connectivity index (χ1n) is 8.68. The van der Waals surface area contributed by atoms with Crippen LogP contribution in [-0.2, 0) is 19.6 Å². The Morgan fingerprint density at radius 2 is 1.73 bits per heavy atom. The van der Waals surface area contributed by atoms with Crippen molar-refractivity contribution in [2.24, 2.45) is 0 Å². The molecule has 0 bridgehead atoms. The number of anilines is 1. The molecule has 0 heterocycles. The topological polar surface area (TPSA) is 116 Å². The van der Waals surface area contributed by atoms with Crippen molar-refractivity contribution >= 4 is 38.1 Å². The fourth-order valence-electron chi connectivity index (χ4n) is 2.92. The Morgan fingerprint density at radius 3 is 2.37 bits per heavy atom. The number of benzene rings is 3. The van der Waals surface area contributed by atoms with Crippen molar-refractivity contribution in [1.82, 2.24) is 0 Å². The van der Waals surface area contributed by atoms with E-state index < -0.39 is 27.5 Å². The maximum Gasteiger partial charge on any atom is 0.326 e. The normalized spacial score (nSPS) is 11.1. The number of sulfonamides is 1. The molecule has 3 rings (SSSR count). The van der Waals surface area contributed by atoms with Crippen LogP contribution in [0.25, 0.3) is 10.8 Å². The maximum absolute atomic E-state index is 13.5. The summed E-state index contributed by atoms with van der Waals surface area (Å²) in [7, 11) is -1.88. The molecule has 10 heteroatoms. The van der Waals surface area contributed by atoms with Gasteiger partial charge in [-0.1, -0.05) is 30.3 Å². The minimum atomic E-state index is -4.30. The molecule has 3 aromatic carbocycles. The molecule has 0 saturated carbocycles. The van der Waals surface area contributed by atoms with Crippen molar-refractivity contribution in [3.63, 3.8) is 0 Å². The summed E-state index contributed by atoms with van der Waals surface area (Å²) in [5.74, 6) is -0.790. The quantitative estimate of drug-likeness (QED) is 0.321. The van der Waals surface area contributed by atoms with Crippen LogP contribution in [0.5, 0.6) is 5.75 Å². The van der Waals surface area contributed by atoms with Crippen LogP contribution in [0.2, 0.25) is 0 Å². The van der Waals surface area contributed by atoms with E-state index in [2.05, 4.69) is 4.74 Å². The first kappa shape index (κ1) is 21.1. The van der Waals surface area contributed by atoms with Crippen LogP contribution in [0.1, 0.15) is 0 Å². The van der Waals surface area contributed by atoms with Gasteiger partial charge in [0, 0.05) is 12.1 Å². The lowest BCUT2D eigenvalue weighted by atomic mass is 10.1. The zero-order valence-electron chi connectivity index (χ0n) is 16.1. The molecule has 0 atom stereocenters. The lowest BCUT2D eigenvalue weighted by Gasteiger charge is -2.25. The number of rotatable bonds is 7. The van der Waals surface area contributed by atoms with Gasteiger partial charge in [0.25, 0.3) is 15.7 Å². The number of nitrogens with zero attached hydrogens (tertiary/aromatic N) is 2. The van der Waals surface area contributed by atoms with Gasteiger partial charge in [0.05, 0.1) is 24.0 Å². The summed E-state index contributed by atoms with van der Waals surface area (Å²) < 4.78 is 37.5. The van der Waals surface area contributed by atoms with Gasteiger partial charge in [-0.2, -0.15) is 0 Å². The van der Waals surface area contributed by atoms with Gasteiger partial charge in [0.15, 0.2) is 0 Å². The number of non-ortho nitro benzene ring substituents is 1. The molecule has 0 aromatic heterocycles. The average molecular weight is 430 g/mol. The number of esters is 1. The van der Waals surface area contributed by atoms with Crippen LogP contribution in [0, 0.1) is 10.1 Å². The molecule has 9 nitrogen and oxygen atoms in total. The highest BCUT2D eigenvalue weighted by molar-refractivity contribution is 7.92. The van der Waals surface area contributed by atoms with Crippen LogP contribution in [0.3, 0.4) is 0 Å². The zero-order valence-corrected chi connectivity index (χ0v) is 17.0. The van der Waals surface area contributed by atoms with E-state index in [0.29, 0.717) is 5.39 Å². The molecular formula is C20H18N2O7S. The summed E-state index contributed by atoms with van der Waals surface area (Å²) in [4.78, 5) is 22.5. The number of hydrogen-bond donors (Lipinski definition) is 0. The Labute approximate surface area is 172 Å². The molecule has 0 aliphatic heterocycles. The van der Waals surface area contributed by atoms with E-state index in [4.69, 9.17) is 4.74 Å². The standard InChI is InChI=1S/C20H18N2O7S/c1-28-19-10-8-16(22(24)25)12-18(19)21(13-20(23)29-2)30(26,27)17-9-7-14-5-3-4-6-15(14)11-17/h3-12H,13H2,1-2H3. The van der Waals surface area contributed by atoms with E-state index in [-0.39, 0.29) is 22.0 Å². The number of hydrogen-bond acceptors (Lipinski definition) is 7. The number of fused-ring (bicyclic) bond motifs is 1. The van der Waals surface area contributed by atoms with Gasteiger partial charge in [0.2, 0.25) is 0 Å². The number of nitro benzene ring substituents is 1. The summed E-state index contributed by atoms with van der Waals surface area (Å²) in [5.41, 5.74) is -0.500. The van der Waals surface area contributed by atoms with E-state index in [1.165, 1.54) is 31.4 Å². The van der Waals surface area contributed by atoms with E-state index >= 15 is 0 Å². The zero-order chi connectivity index (χ0) is 21.9. The van der Waals surface area contributed by atoms with Crippen LogP contribution in [-0.4, -0.2) is 40.1 Å². The summed E-state index contributed by atoms with van der Waals surface area (Å²) in [6.07, 6.45) is 0. The molecule has 3 aromatic rings. The van der Waals surface area contributed by atoms with E-state index in [1.807, 2.05) is 12.1 Å². The molecule has 156 valence electrons. The van der Waals surface area contributed by atoms with Crippen molar-refractivity contribution in [1.29, 1.82) is 0 Å². The molecular weight excluding hydrogens is 412 g/mol. The molecule has 0 N–H and O–H groups in total. The first-order chi connectivity index (χ1) is 14.3. The Hall–Kier alpha value is -3.66. The molecule has 0 fully saturated rings. The second-order valence-electron chi connectivity index (χ2n) is 6.21. The number of carbonyl (C=O) groups excluding carboxylic acids is 1. The van der Waals surface area contributed by atoms with Crippen molar-refractivity contribution in [2.45, 2.75) is 4.90 Å². The van der Waals surface area contributed by atoms with Crippen LogP contribution >= 0.6 is 0 Å². The van der Waals surface area contributed by atoms with Crippen molar-refractivity contribution in [3.8, 4) is 5.75 Å². The molecule has 30 heavy (non-hydrogen) atoms. The summed E-state index contributed by atoms with van der Waals surface area (Å²) in [6, 6.07) is 15.2. The van der Waals surface area contributed by atoms with E-state index in [9.17, 15) is 23.3 Å². The lowest BCUT2D eigenvalue weighted by Crippen LogP contribution is -2.36. The molecule has 0 spiro atoms. The fraction of sp³-hybridized carbons (Fsp3) is 0.150. The van der Waals surface area contributed by atoms with Gasteiger partial charge >= 0.3 is 5.97 Å². The van der Waals surface area contributed by atoms with Crippen LogP contribution < -0.4 is 9.04 Å². The monoisotopic (exact) mass is 430 g/mol. The van der Waals surface area contributed by atoms with E-state index in [1.54, 1.807) is 18.2 Å². The van der Waals surface area contributed by atoms with Crippen LogP contribution in [0.4, 0.5) is 11.4 Å². The summed E-state index contributed by atoms with van der Waals surface area (Å²) in [5, 5.41) is 12.7. The smallest absolute Gasteiger partial charge is 0.326 e. The predicted molar refractivity (Wildman–Crippen MR) is 110 cm³/mol. The third kappa shape index (κ3) is 4.03. The lowest BCUT2D eigenvalue weighted by molar-refractivity contribution is -0.384.